The fourth-order valence-corrected chi connectivity index (χ4v) is 2.95. The average molecular weight is 440 g/mol. The first-order chi connectivity index (χ1) is 15.1. The number of alkyl carbamates (subject to hydrolysis) is 1. The summed E-state index contributed by atoms with van der Waals surface area (Å²) in [5, 5.41) is 2.75. The lowest BCUT2D eigenvalue weighted by Crippen LogP contribution is -2.41. The second-order valence-electron chi connectivity index (χ2n) is 8.41. The maximum Gasteiger partial charge on any atom is 0.492 e. The fraction of sp³-hybridized carbons (Fsp3) is 0.409. The van der Waals surface area contributed by atoms with E-state index in [1.807, 2.05) is 58.0 Å². The van der Waals surface area contributed by atoms with Crippen LogP contribution in [0.4, 0.5) is 10.6 Å². The smallest absolute Gasteiger partial charge is 0.478 e. The van der Waals surface area contributed by atoms with Crippen molar-refractivity contribution in [3.05, 3.63) is 53.3 Å². The third-order valence-corrected chi connectivity index (χ3v) is 5.52. The number of nitrogens with one attached hydrogen (secondary N) is 1. The Bertz CT molecular complexity index is 966. The first kappa shape index (κ1) is 23.6. The Morgan fingerprint density at radius 1 is 1.19 bits per heavy atom. The van der Waals surface area contributed by atoms with E-state index in [0.29, 0.717) is 11.2 Å². The number of methoxy groups -OCH3 is 1. The van der Waals surface area contributed by atoms with Gasteiger partial charge in [0.15, 0.2) is 5.82 Å². The molecule has 0 atom stereocenters. The zero-order valence-corrected chi connectivity index (χ0v) is 19.0. The number of nitrogens with zero attached hydrogens (tertiary/aromatic N) is 2. The van der Waals surface area contributed by atoms with Gasteiger partial charge in [-0.05, 0) is 44.8 Å². The van der Waals surface area contributed by atoms with Crippen molar-refractivity contribution in [3.63, 3.8) is 0 Å². The van der Waals surface area contributed by atoms with E-state index in [4.69, 9.17) is 24.5 Å². The fourth-order valence-electron chi connectivity index (χ4n) is 2.95. The lowest BCUT2D eigenvalue weighted by atomic mass is 9.77. The molecule has 1 fully saturated rings. The van der Waals surface area contributed by atoms with Crippen molar-refractivity contribution >= 4 is 25.1 Å². The number of carbonyl (C=O) groups is 1. The maximum atomic E-state index is 12.3. The van der Waals surface area contributed by atoms with Crippen molar-refractivity contribution in [2.45, 2.75) is 45.5 Å². The van der Waals surface area contributed by atoms with Crippen LogP contribution in [0.2, 0.25) is 0 Å². The van der Waals surface area contributed by atoms with Gasteiger partial charge in [0, 0.05) is 6.54 Å². The SMILES string of the molecule is COc1nc(C=C(CNC(=O)OCc2ccccc2)B2OC(C)(C)C(C)(C)O2)cnc1N. The van der Waals surface area contributed by atoms with Crippen molar-refractivity contribution in [1.82, 2.24) is 15.3 Å². The van der Waals surface area contributed by atoms with Crippen molar-refractivity contribution < 1.29 is 23.6 Å². The minimum absolute atomic E-state index is 0.124. The van der Waals surface area contributed by atoms with Crippen LogP contribution in [-0.4, -0.2) is 48.0 Å². The van der Waals surface area contributed by atoms with E-state index < -0.39 is 24.4 Å². The van der Waals surface area contributed by atoms with Gasteiger partial charge in [0.1, 0.15) is 6.61 Å². The number of anilines is 1. The summed E-state index contributed by atoms with van der Waals surface area (Å²) in [4.78, 5) is 20.7. The third kappa shape index (κ3) is 5.57. The van der Waals surface area contributed by atoms with Crippen LogP contribution in [-0.2, 0) is 20.7 Å². The van der Waals surface area contributed by atoms with Crippen molar-refractivity contribution in [2.75, 3.05) is 19.4 Å². The number of hydrogen-bond donors (Lipinski definition) is 2. The van der Waals surface area contributed by atoms with E-state index in [1.54, 1.807) is 6.08 Å². The molecular formula is C22H29BN4O5. The van der Waals surface area contributed by atoms with Gasteiger partial charge in [-0.25, -0.2) is 14.8 Å². The molecule has 170 valence electrons. The molecule has 1 amide bonds. The van der Waals surface area contributed by atoms with Gasteiger partial charge in [0.2, 0.25) is 0 Å². The van der Waals surface area contributed by atoms with E-state index in [1.165, 1.54) is 13.3 Å². The summed E-state index contributed by atoms with van der Waals surface area (Å²) in [5.74, 6) is 0.395. The molecule has 0 bridgehead atoms. The monoisotopic (exact) mass is 440 g/mol. The van der Waals surface area contributed by atoms with Crippen LogP contribution in [0.1, 0.15) is 39.0 Å². The van der Waals surface area contributed by atoms with Crippen LogP contribution in [0.5, 0.6) is 5.88 Å². The quantitative estimate of drug-likeness (QED) is 0.631. The topological polar surface area (TPSA) is 118 Å². The Hall–Kier alpha value is -3.11. The molecule has 0 saturated carbocycles. The molecular weight excluding hydrogens is 411 g/mol. The largest absolute Gasteiger partial charge is 0.492 e. The minimum atomic E-state index is -0.695. The summed E-state index contributed by atoms with van der Waals surface area (Å²) in [6.45, 7) is 8.12. The standard InChI is InChI=1S/C22H29BN4O5/c1-21(2)22(3,4)32-23(31-21)16(11-17-13-25-18(24)19(27-17)29-5)12-26-20(28)30-14-15-9-7-6-8-10-15/h6-11,13H,12,14H2,1-5H3,(H2,24,25)(H,26,28). The maximum absolute atomic E-state index is 12.3. The molecule has 1 aromatic heterocycles. The van der Waals surface area contributed by atoms with Gasteiger partial charge in [-0.3, -0.25) is 0 Å². The lowest BCUT2D eigenvalue weighted by molar-refractivity contribution is 0.00578. The number of aromatic nitrogens is 2. The van der Waals surface area contributed by atoms with E-state index in [0.717, 1.165) is 5.56 Å². The predicted octanol–water partition coefficient (Wildman–Crippen LogP) is 3.01. The van der Waals surface area contributed by atoms with Crippen LogP contribution < -0.4 is 15.8 Å². The van der Waals surface area contributed by atoms with Crippen LogP contribution in [0.3, 0.4) is 0 Å². The molecule has 1 aliphatic heterocycles. The van der Waals surface area contributed by atoms with Crippen LogP contribution in [0, 0.1) is 0 Å². The Morgan fingerprint density at radius 3 is 2.47 bits per heavy atom. The molecule has 1 aromatic carbocycles. The molecule has 9 nitrogen and oxygen atoms in total. The molecule has 1 saturated heterocycles. The highest BCUT2D eigenvalue weighted by atomic mass is 16.7. The van der Waals surface area contributed by atoms with E-state index in [9.17, 15) is 4.79 Å². The second-order valence-corrected chi connectivity index (χ2v) is 8.41. The van der Waals surface area contributed by atoms with E-state index in [2.05, 4.69) is 15.3 Å². The number of amides is 1. The van der Waals surface area contributed by atoms with E-state index >= 15 is 0 Å². The highest BCUT2D eigenvalue weighted by Crippen LogP contribution is 2.38. The second kappa shape index (κ2) is 9.58. The number of benzene rings is 1. The summed E-state index contributed by atoms with van der Waals surface area (Å²) in [5.41, 5.74) is 6.69. The molecule has 0 spiro atoms. The Morgan fingerprint density at radius 2 is 1.84 bits per heavy atom. The van der Waals surface area contributed by atoms with Crippen LogP contribution in [0.15, 0.2) is 42.0 Å². The Labute approximate surface area is 188 Å². The summed E-state index contributed by atoms with van der Waals surface area (Å²) in [6.07, 6.45) is 2.68. The molecule has 2 aromatic rings. The van der Waals surface area contributed by atoms with Gasteiger partial charge in [-0.1, -0.05) is 30.3 Å². The van der Waals surface area contributed by atoms with Crippen LogP contribution >= 0.6 is 0 Å². The summed E-state index contributed by atoms with van der Waals surface area (Å²) in [6, 6.07) is 9.45. The molecule has 0 radical (unpaired) electrons. The molecule has 32 heavy (non-hydrogen) atoms. The normalized spacial score (nSPS) is 17.2. The molecule has 3 N–H and O–H groups in total. The number of ether oxygens (including phenoxy) is 2. The molecule has 10 heteroatoms. The number of hydrogen-bond acceptors (Lipinski definition) is 8. The number of nitrogen functional groups attached to an aromatic ring is 1. The Balaban J connectivity index is 1.76. The van der Waals surface area contributed by atoms with Gasteiger partial charge >= 0.3 is 13.2 Å². The third-order valence-electron chi connectivity index (χ3n) is 5.52. The van der Waals surface area contributed by atoms with Gasteiger partial charge in [-0.15, -0.1) is 0 Å². The number of nitrogens with two attached hydrogens (primary N) is 1. The molecule has 3 rings (SSSR count). The van der Waals surface area contributed by atoms with Crippen LogP contribution in [0.25, 0.3) is 6.08 Å². The Kier molecular flexibility index (Phi) is 7.05. The van der Waals surface area contributed by atoms with Gasteiger partial charge < -0.3 is 29.8 Å². The predicted molar refractivity (Wildman–Crippen MR) is 122 cm³/mol. The van der Waals surface area contributed by atoms with Crippen molar-refractivity contribution in [3.8, 4) is 5.88 Å². The summed E-state index contributed by atoms with van der Waals surface area (Å²) >= 11 is 0. The molecule has 0 unspecified atom stereocenters. The minimum Gasteiger partial charge on any atom is -0.478 e. The first-order valence-electron chi connectivity index (χ1n) is 10.3. The zero-order valence-electron chi connectivity index (χ0n) is 19.0. The number of rotatable bonds is 7. The van der Waals surface area contributed by atoms with Gasteiger partial charge in [0.25, 0.3) is 5.88 Å². The lowest BCUT2D eigenvalue weighted by Gasteiger charge is -2.32. The van der Waals surface area contributed by atoms with Gasteiger partial charge in [0.05, 0.1) is 30.2 Å². The zero-order chi connectivity index (χ0) is 23.4. The highest BCUT2D eigenvalue weighted by molar-refractivity contribution is 6.56. The summed E-state index contributed by atoms with van der Waals surface area (Å²) in [7, 11) is 0.771. The first-order valence-corrected chi connectivity index (χ1v) is 10.3. The van der Waals surface area contributed by atoms with E-state index in [-0.39, 0.29) is 24.8 Å². The highest BCUT2D eigenvalue weighted by Gasteiger charge is 2.52. The molecule has 0 aliphatic carbocycles. The summed E-state index contributed by atoms with van der Waals surface area (Å²) < 4.78 is 22.8. The molecule has 1 aliphatic rings. The van der Waals surface area contributed by atoms with Crippen molar-refractivity contribution in [2.24, 2.45) is 0 Å². The average Bonchev–Trinajstić information content (AvgIpc) is 2.98. The number of carbonyl (C=O) groups excluding carboxylic acids is 1. The van der Waals surface area contributed by atoms with Gasteiger partial charge in [-0.2, -0.15) is 0 Å². The molecule has 2 heterocycles. The van der Waals surface area contributed by atoms with Crippen molar-refractivity contribution in [1.29, 1.82) is 0 Å².